The number of hydrogen-bond donors (Lipinski definition) is 2. The van der Waals surface area contributed by atoms with Gasteiger partial charge in [-0.05, 0) is 55.0 Å². The van der Waals surface area contributed by atoms with Crippen LogP contribution in [-0.4, -0.2) is 22.4 Å². The fraction of sp³-hybridized carbons (Fsp3) is 0.0455. The van der Waals surface area contributed by atoms with Crippen molar-refractivity contribution in [2.45, 2.75) is 6.92 Å². The van der Waals surface area contributed by atoms with Gasteiger partial charge in [0, 0.05) is 34.0 Å². The molecule has 0 radical (unpaired) electrons. The van der Waals surface area contributed by atoms with E-state index in [4.69, 9.17) is 11.6 Å². The molecule has 0 unspecified atom stereocenters. The van der Waals surface area contributed by atoms with Crippen LogP contribution in [0.5, 0.6) is 0 Å². The molecule has 0 saturated heterocycles. The molecule has 156 valence electrons. The molecule has 8 nitrogen and oxygen atoms in total. The monoisotopic (exact) mass is 436 g/mol. The van der Waals surface area contributed by atoms with Gasteiger partial charge < -0.3 is 5.32 Å². The predicted octanol–water partition coefficient (Wildman–Crippen LogP) is 4.65. The number of carbonyl (C=O) groups excluding carboxylic acids is 2. The Morgan fingerprint density at radius 3 is 2.19 bits per heavy atom. The average Bonchev–Trinajstić information content (AvgIpc) is 2.78. The summed E-state index contributed by atoms with van der Waals surface area (Å²) in [6.45, 7) is 1.70. The van der Waals surface area contributed by atoms with Gasteiger partial charge in [-0.1, -0.05) is 29.8 Å². The van der Waals surface area contributed by atoms with E-state index in [1.807, 2.05) is 0 Å². The third kappa shape index (κ3) is 5.74. The number of nitro benzene ring substituents is 1. The second kappa shape index (κ2) is 9.64. The minimum Gasteiger partial charge on any atom is -0.322 e. The molecule has 0 atom stereocenters. The van der Waals surface area contributed by atoms with E-state index in [0.29, 0.717) is 22.0 Å². The van der Waals surface area contributed by atoms with Crippen LogP contribution < -0.4 is 10.7 Å². The van der Waals surface area contributed by atoms with Crippen LogP contribution in [0, 0.1) is 10.1 Å². The van der Waals surface area contributed by atoms with Gasteiger partial charge in [-0.25, -0.2) is 5.43 Å². The second-order valence-corrected chi connectivity index (χ2v) is 6.92. The molecule has 0 fully saturated rings. The Bertz CT molecular complexity index is 1160. The number of benzene rings is 3. The quantitative estimate of drug-likeness (QED) is 0.332. The first kappa shape index (κ1) is 21.7. The zero-order valence-electron chi connectivity index (χ0n) is 16.3. The molecule has 3 aromatic rings. The van der Waals surface area contributed by atoms with E-state index < -0.39 is 10.8 Å². The molecule has 0 bridgehead atoms. The van der Waals surface area contributed by atoms with Gasteiger partial charge in [0.1, 0.15) is 0 Å². The van der Waals surface area contributed by atoms with Crippen molar-refractivity contribution in [3.05, 3.63) is 105 Å². The number of nitrogens with one attached hydrogen (secondary N) is 2. The Kier molecular flexibility index (Phi) is 6.74. The van der Waals surface area contributed by atoms with Crippen LogP contribution in [-0.2, 0) is 0 Å². The molecule has 0 spiro atoms. The number of anilines is 1. The van der Waals surface area contributed by atoms with Gasteiger partial charge in [0.2, 0.25) is 0 Å². The first-order chi connectivity index (χ1) is 14.8. The topological polar surface area (TPSA) is 114 Å². The highest BCUT2D eigenvalue weighted by atomic mass is 35.5. The lowest BCUT2D eigenvalue weighted by Gasteiger charge is -2.07. The molecular weight excluding hydrogens is 420 g/mol. The Hall–Kier alpha value is -4.04. The summed E-state index contributed by atoms with van der Waals surface area (Å²) in [5.74, 6) is -0.825. The number of non-ortho nitro benzene ring substituents is 1. The van der Waals surface area contributed by atoms with Crippen molar-refractivity contribution in [2.24, 2.45) is 5.10 Å². The molecule has 2 amide bonds. The Labute approximate surface area is 182 Å². The summed E-state index contributed by atoms with van der Waals surface area (Å²) in [6, 6.07) is 18.8. The molecule has 2 N–H and O–H groups in total. The number of hydrogen-bond acceptors (Lipinski definition) is 5. The van der Waals surface area contributed by atoms with E-state index in [-0.39, 0.29) is 17.2 Å². The third-order valence-electron chi connectivity index (χ3n) is 4.31. The van der Waals surface area contributed by atoms with Crippen LogP contribution in [0.4, 0.5) is 11.4 Å². The maximum atomic E-state index is 12.3. The highest BCUT2D eigenvalue weighted by Gasteiger charge is 2.11. The summed E-state index contributed by atoms with van der Waals surface area (Å²) >= 11 is 5.83. The van der Waals surface area contributed by atoms with E-state index >= 15 is 0 Å². The van der Waals surface area contributed by atoms with Crippen LogP contribution in [0.25, 0.3) is 0 Å². The zero-order chi connectivity index (χ0) is 22.4. The van der Waals surface area contributed by atoms with Crippen molar-refractivity contribution in [1.82, 2.24) is 5.43 Å². The van der Waals surface area contributed by atoms with E-state index in [1.54, 1.807) is 55.5 Å². The molecule has 3 aromatic carbocycles. The lowest BCUT2D eigenvalue weighted by Crippen LogP contribution is -2.19. The zero-order valence-corrected chi connectivity index (χ0v) is 17.1. The van der Waals surface area contributed by atoms with E-state index in [1.165, 1.54) is 24.3 Å². The molecule has 9 heteroatoms. The van der Waals surface area contributed by atoms with Gasteiger partial charge in [-0.3, -0.25) is 19.7 Å². The minimum atomic E-state index is -0.571. The van der Waals surface area contributed by atoms with Crippen LogP contribution in [0.1, 0.15) is 33.2 Å². The fourth-order valence-electron chi connectivity index (χ4n) is 2.62. The standard InChI is InChI=1S/C22H17ClN4O4/c1-14(25-26-22(29)17-3-2-4-20(13-17)27(30)31)15-7-11-19(12-8-15)24-21(28)16-5-9-18(23)10-6-16/h2-13H,1H3,(H,24,28)(H,26,29)/b25-14+. The molecule has 3 rings (SSSR count). The average molecular weight is 437 g/mol. The minimum absolute atomic E-state index is 0.131. The molecule has 0 heterocycles. The largest absolute Gasteiger partial charge is 0.322 e. The summed E-state index contributed by atoms with van der Waals surface area (Å²) in [7, 11) is 0. The number of nitro groups is 1. The van der Waals surface area contributed by atoms with Gasteiger partial charge in [-0.2, -0.15) is 5.10 Å². The summed E-state index contributed by atoms with van der Waals surface area (Å²) < 4.78 is 0. The van der Waals surface area contributed by atoms with E-state index in [2.05, 4.69) is 15.8 Å². The first-order valence-electron chi connectivity index (χ1n) is 9.10. The lowest BCUT2D eigenvalue weighted by molar-refractivity contribution is -0.384. The molecule has 0 aliphatic heterocycles. The van der Waals surface area contributed by atoms with E-state index in [0.717, 1.165) is 5.56 Å². The lowest BCUT2D eigenvalue weighted by atomic mass is 10.1. The molecule has 0 aromatic heterocycles. The van der Waals surface area contributed by atoms with Crippen molar-refractivity contribution < 1.29 is 14.5 Å². The Balaban J connectivity index is 1.63. The van der Waals surface area contributed by atoms with Crippen molar-refractivity contribution in [3.8, 4) is 0 Å². The van der Waals surface area contributed by atoms with Crippen molar-refractivity contribution in [1.29, 1.82) is 0 Å². The molecule has 31 heavy (non-hydrogen) atoms. The number of halogens is 1. The second-order valence-electron chi connectivity index (χ2n) is 6.48. The van der Waals surface area contributed by atoms with Crippen LogP contribution in [0.3, 0.4) is 0 Å². The highest BCUT2D eigenvalue weighted by molar-refractivity contribution is 6.30. The number of hydrazone groups is 1. The normalized spacial score (nSPS) is 11.0. The van der Waals surface area contributed by atoms with Crippen LogP contribution in [0.2, 0.25) is 5.02 Å². The van der Waals surface area contributed by atoms with Gasteiger partial charge in [0.15, 0.2) is 0 Å². The predicted molar refractivity (Wildman–Crippen MR) is 119 cm³/mol. The Morgan fingerprint density at radius 2 is 1.55 bits per heavy atom. The summed E-state index contributed by atoms with van der Waals surface area (Å²) in [6.07, 6.45) is 0. The smallest absolute Gasteiger partial charge is 0.271 e. The van der Waals surface area contributed by atoms with Crippen LogP contribution in [0.15, 0.2) is 77.9 Å². The molecule has 0 aliphatic carbocycles. The molecule has 0 aliphatic rings. The van der Waals surface area contributed by atoms with Gasteiger partial charge in [0.25, 0.3) is 17.5 Å². The van der Waals surface area contributed by atoms with Gasteiger partial charge >= 0.3 is 0 Å². The third-order valence-corrected chi connectivity index (χ3v) is 4.56. The first-order valence-corrected chi connectivity index (χ1v) is 9.48. The number of nitrogens with zero attached hydrogens (tertiary/aromatic N) is 2. The van der Waals surface area contributed by atoms with Crippen LogP contribution >= 0.6 is 11.6 Å². The summed E-state index contributed by atoms with van der Waals surface area (Å²) in [5.41, 5.74) is 4.66. The fourth-order valence-corrected chi connectivity index (χ4v) is 2.75. The Morgan fingerprint density at radius 1 is 0.903 bits per heavy atom. The van der Waals surface area contributed by atoms with Crippen molar-refractivity contribution in [2.75, 3.05) is 5.32 Å². The number of rotatable bonds is 6. The van der Waals surface area contributed by atoms with Crippen molar-refractivity contribution >= 4 is 40.5 Å². The maximum Gasteiger partial charge on any atom is 0.271 e. The van der Waals surface area contributed by atoms with Gasteiger partial charge in [0.05, 0.1) is 10.6 Å². The SMILES string of the molecule is C/C(=N\NC(=O)c1cccc([N+](=O)[O-])c1)c1ccc(NC(=O)c2ccc(Cl)cc2)cc1. The van der Waals surface area contributed by atoms with Crippen molar-refractivity contribution in [3.63, 3.8) is 0 Å². The van der Waals surface area contributed by atoms with E-state index in [9.17, 15) is 19.7 Å². The maximum absolute atomic E-state index is 12.3. The van der Waals surface area contributed by atoms with Gasteiger partial charge in [-0.15, -0.1) is 0 Å². The molecule has 0 saturated carbocycles. The number of amides is 2. The summed E-state index contributed by atoms with van der Waals surface area (Å²) in [5, 5.41) is 18.2. The highest BCUT2D eigenvalue weighted by Crippen LogP contribution is 2.15. The number of carbonyl (C=O) groups is 2. The summed E-state index contributed by atoms with van der Waals surface area (Å²) in [4.78, 5) is 34.7. The molecular formula is C22H17ClN4O4.